The first-order chi connectivity index (χ1) is 11.2. The van der Waals surface area contributed by atoms with Gasteiger partial charge in [0, 0.05) is 0 Å². The SMILES string of the molecule is COc1cc(/C=N/NC(=O)c2nc3ccccc3[nH]2)ccc1O. The third-order valence-electron chi connectivity index (χ3n) is 3.19. The molecule has 7 heteroatoms. The van der Waals surface area contributed by atoms with Crippen LogP contribution in [0.5, 0.6) is 11.5 Å². The summed E-state index contributed by atoms with van der Waals surface area (Å²) in [6.45, 7) is 0. The van der Waals surface area contributed by atoms with E-state index in [1.54, 1.807) is 12.1 Å². The van der Waals surface area contributed by atoms with Gasteiger partial charge in [0.05, 0.1) is 24.4 Å². The minimum atomic E-state index is -0.441. The number of methoxy groups -OCH3 is 1. The van der Waals surface area contributed by atoms with Gasteiger partial charge in [-0.05, 0) is 35.9 Å². The number of ether oxygens (including phenoxy) is 1. The van der Waals surface area contributed by atoms with Crippen LogP contribution in [-0.2, 0) is 0 Å². The van der Waals surface area contributed by atoms with Gasteiger partial charge in [-0.25, -0.2) is 10.4 Å². The fourth-order valence-electron chi connectivity index (χ4n) is 2.05. The van der Waals surface area contributed by atoms with Crippen LogP contribution in [0.3, 0.4) is 0 Å². The van der Waals surface area contributed by atoms with Gasteiger partial charge < -0.3 is 14.8 Å². The number of aromatic hydroxyl groups is 1. The number of H-pyrrole nitrogens is 1. The molecule has 0 spiro atoms. The molecule has 0 aliphatic carbocycles. The zero-order valence-electron chi connectivity index (χ0n) is 12.3. The van der Waals surface area contributed by atoms with Crippen LogP contribution in [-0.4, -0.2) is 34.3 Å². The third kappa shape index (κ3) is 3.13. The van der Waals surface area contributed by atoms with E-state index in [4.69, 9.17) is 4.74 Å². The molecule has 0 aliphatic heterocycles. The van der Waals surface area contributed by atoms with Crippen molar-refractivity contribution in [3.63, 3.8) is 0 Å². The lowest BCUT2D eigenvalue weighted by Crippen LogP contribution is -2.19. The minimum Gasteiger partial charge on any atom is -0.504 e. The number of hydrogen-bond acceptors (Lipinski definition) is 5. The van der Waals surface area contributed by atoms with E-state index in [0.717, 1.165) is 5.52 Å². The Morgan fingerprint density at radius 3 is 2.96 bits per heavy atom. The molecule has 116 valence electrons. The van der Waals surface area contributed by atoms with E-state index in [9.17, 15) is 9.90 Å². The number of amides is 1. The lowest BCUT2D eigenvalue weighted by molar-refractivity contribution is 0.0946. The van der Waals surface area contributed by atoms with Gasteiger partial charge in [-0.3, -0.25) is 4.79 Å². The summed E-state index contributed by atoms with van der Waals surface area (Å²) in [5.41, 5.74) is 4.56. The molecular weight excluding hydrogens is 296 g/mol. The predicted molar refractivity (Wildman–Crippen MR) is 85.8 cm³/mol. The predicted octanol–water partition coefficient (Wildman–Crippen LogP) is 2.04. The highest BCUT2D eigenvalue weighted by atomic mass is 16.5. The quantitative estimate of drug-likeness (QED) is 0.507. The number of benzene rings is 2. The van der Waals surface area contributed by atoms with Crippen LogP contribution in [0.1, 0.15) is 16.2 Å². The Labute approximate surface area is 131 Å². The summed E-state index contributed by atoms with van der Waals surface area (Å²) in [4.78, 5) is 19.1. The Morgan fingerprint density at radius 1 is 1.35 bits per heavy atom. The average Bonchev–Trinajstić information content (AvgIpc) is 3.00. The number of fused-ring (bicyclic) bond motifs is 1. The van der Waals surface area contributed by atoms with Gasteiger partial charge in [0.1, 0.15) is 0 Å². The lowest BCUT2D eigenvalue weighted by atomic mass is 10.2. The van der Waals surface area contributed by atoms with Crippen LogP contribution in [0.25, 0.3) is 11.0 Å². The number of nitrogens with one attached hydrogen (secondary N) is 2. The number of imidazole rings is 1. The molecule has 3 aromatic rings. The average molecular weight is 310 g/mol. The number of rotatable bonds is 4. The Bertz CT molecular complexity index is 853. The second-order valence-electron chi connectivity index (χ2n) is 4.73. The number of carbonyl (C=O) groups excluding carboxylic acids is 1. The van der Waals surface area contributed by atoms with E-state index >= 15 is 0 Å². The van der Waals surface area contributed by atoms with E-state index in [2.05, 4.69) is 20.5 Å². The van der Waals surface area contributed by atoms with Crippen LogP contribution in [0.15, 0.2) is 47.6 Å². The second kappa shape index (κ2) is 6.18. The second-order valence-corrected chi connectivity index (χ2v) is 4.73. The van der Waals surface area contributed by atoms with Crippen LogP contribution in [0.2, 0.25) is 0 Å². The molecule has 0 fully saturated rings. The molecule has 0 radical (unpaired) electrons. The highest BCUT2D eigenvalue weighted by molar-refractivity contribution is 5.94. The summed E-state index contributed by atoms with van der Waals surface area (Å²) in [7, 11) is 1.46. The van der Waals surface area contributed by atoms with E-state index in [1.807, 2.05) is 24.3 Å². The zero-order chi connectivity index (χ0) is 16.2. The van der Waals surface area contributed by atoms with E-state index in [0.29, 0.717) is 16.8 Å². The van der Waals surface area contributed by atoms with Crippen molar-refractivity contribution in [1.29, 1.82) is 0 Å². The Kier molecular flexibility index (Phi) is 3.92. The summed E-state index contributed by atoms with van der Waals surface area (Å²) in [5.74, 6) is 0.114. The van der Waals surface area contributed by atoms with Crippen LogP contribution < -0.4 is 10.2 Å². The van der Waals surface area contributed by atoms with Gasteiger partial charge in [0.2, 0.25) is 0 Å². The molecule has 3 N–H and O–H groups in total. The molecule has 2 aromatic carbocycles. The number of phenols is 1. The molecule has 1 aromatic heterocycles. The summed E-state index contributed by atoms with van der Waals surface area (Å²) >= 11 is 0. The number of hydrazone groups is 1. The van der Waals surface area contributed by atoms with Crippen molar-refractivity contribution in [2.24, 2.45) is 5.10 Å². The monoisotopic (exact) mass is 310 g/mol. The van der Waals surface area contributed by atoms with Crippen molar-refractivity contribution in [3.8, 4) is 11.5 Å². The smallest absolute Gasteiger partial charge is 0.307 e. The van der Waals surface area contributed by atoms with Crippen molar-refractivity contribution in [2.45, 2.75) is 0 Å². The number of aromatic amines is 1. The summed E-state index contributed by atoms with van der Waals surface area (Å²) in [5, 5.41) is 13.4. The highest BCUT2D eigenvalue weighted by Crippen LogP contribution is 2.25. The largest absolute Gasteiger partial charge is 0.504 e. The van der Waals surface area contributed by atoms with Gasteiger partial charge in [0.25, 0.3) is 0 Å². The molecule has 23 heavy (non-hydrogen) atoms. The topological polar surface area (TPSA) is 99.6 Å². The van der Waals surface area contributed by atoms with Crippen molar-refractivity contribution < 1.29 is 14.6 Å². The maximum absolute atomic E-state index is 12.0. The first-order valence-electron chi connectivity index (χ1n) is 6.82. The van der Waals surface area contributed by atoms with Crippen LogP contribution in [0.4, 0.5) is 0 Å². The number of hydrogen-bond donors (Lipinski definition) is 3. The molecule has 0 bridgehead atoms. The number of nitrogens with zero attached hydrogens (tertiary/aromatic N) is 2. The highest BCUT2D eigenvalue weighted by Gasteiger charge is 2.10. The standard InChI is InChI=1S/C16H14N4O3/c1-23-14-8-10(6-7-13(14)21)9-17-20-16(22)15-18-11-4-2-3-5-12(11)19-15/h2-9,21H,1H3,(H,18,19)(H,20,22)/b17-9+. The molecule has 0 unspecified atom stereocenters. The molecular formula is C16H14N4O3. The first kappa shape index (κ1) is 14.6. The summed E-state index contributed by atoms with van der Waals surface area (Å²) in [6, 6.07) is 12.1. The van der Waals surface area contributed by atoms with Gasteiger partial charge in [-0.1, -0.05) is 12.1 Å². The van der Waals surface area contributed by atoms with Crippen molar-refractivity contribution in [1.82, 2.24) is 15.4 Å². The lowest BCUT2D eigenvalue weighted by Gasteiger charge is -2.03. The van der Waals surface area contributed by atoms with E-state index in [1.165, 1.54) is 19.4 Å². The first-order valence-corrected chi connectivity index (χ1v) is 6.82. The number of para-hydroxylation sites is 2. The van der Waals surface area contributed by atoms with Crippen molar-refractivity contribution in [3.05, 3.63) is 53.9 Å². The van der Waals surface area contributed by atoms with E-state index < -0.39 is 5.91 Å². The number of aromatic nitrogens is 2. The normalized spacial score (nSPS) is 11.0. The number of carbonyl (C=O) groups is 1. The van der Waals surface area contributed by atoms with Gasteiger partial charge in [-0.2, -0.15) is 5.10 Å². The van der Waals surface area contributed by atoms with E-state index in [-0.39, 0.29) is 11.6 Å². The molecule has 0 aliphatic rings. The molecule has 0 saturated heterocycles. The molecule has 1 amide bonds. The Hall–Kier alpha value is -3.35. The molecule has 0 saturated carbocycles. The molecule has 1 heterocycles. The fourth-order valence-corrected chi connectivity index (χ4v) is 2.05. The fraction of sp³-hybridized carbons (Fsp3) is 0.0625. The maximum Gasteiger partial charge on any atom is 0.307 e. The minimum absolute atomic E-state index is 0.0379. The van der Waals surface area contributed by atoms with Gasteiger partial charge in [0.15, 0.2) is 17.3 Å². The number of phenolic OH excluding ortho intramolecular Hbond substituents is 1. The Balaban J connectivity index is 1.70. The van der Waals surface area contributed by atoms with Crippen molar-refractivity contribution in [2.75, 3.05) is 7.11 Å². The molecule has 7 nitrogen and oxygen atoms in total. The summed E-state index contributed by atoms with van der Waals surface area (Å²) < 4.78 is 5.00. The Morgan fingerprint density at radius 2 is 2.17 bits per heavy atom. The summed E-state index contributed by atoms with van der Waals surface area (Å²) in [6.07, 6.45) is 1.45. The van der Waals surface area contributed by atoms with Crippen LogP contribution >= 0.6 is 0 Å². The molecule has 3 rings (SSSR count). The van der Waals surface area contributed by atoms with Crippen LogP contribution in [0, 0.1) is 0 Å². The maximum atomic E-state index is 12.0. The van der Waals surface area contributed by atoms with Gasteiger partial charge in [-0.15, -0.1) is 0 Å². The van der Waals surface area contributed by atoms with Gasteiger partial charge >= 0.3 is 5.91 Å². The third-order valence-corrected chi connectivity index (χ3v) is 3.19. The van der Waals surface area contributed by atoms with Crippen molar-refractivity contribution >= 4 is 23.2 Å². The molecule has 0 atom stereocenters. The zero-order valence-corrected chi connectivity index (χ0v) is 12.3.